The first-order valence-electron chi connectivity index (χ1n) is 21.5. The smallest absolute Gasteiger partial charge is 0.328 e. The molecule has 0 aliphatic carbocycles. The van der Waals surface area contributed by atoms with Crippen LogP contribution in [0, 0.1) is 0 Å². The number of carbonyl (C=O) groups excluding carboxylic acids is 7. The predicted molar refractivity (Wildman–Crippen MR) is 236 cm³/mol. The maximum absolute atomic E-state index is 14.0. The van der Waals surface area contributed by atoms with E-state index in [1.165, 1.54) is 0 Å². The first kappa shape index (κ1) is 49.8. The molecule has 0 radical (unpaired) electrons. The normalized spacial score (nSPS) is 12.1. The minimum atomic E-state index is -1.33. The maximum Gasteiger partial charge on any atom is 0.328 e. The number of amides is 3. The van der Waals surface area contributed by atoms with E-state index in [1.807, 2.05) is 48.5 Å². The van der Waals surface area contributed by atoms with E-state index in [1.54, 1.807) is 72.8 Å². The molecule has 3 unspecified atom stereocenters. The number of hydrogen-bond acceptors (Lipinski definition) is 12. The number of hydrogen-bond donors (Lipinski definition) is 4. The van der Waals surface area contributed by atoms with Crippen molar-refractivity contribution in [1.29, 1.82) is 0 Å². The summed E-state index contributed by atoms with van der Waals surface area (Å²) in [5.41, 5.74) is 8.55. The van der Waals surface area contributed by atoms with E-state index in [9.17, 15) is 33.6 Å². The third-order valence-corrected chi connectivity index (χ3v) is 9.85. The van der Waals surface area contributed by atoms with Crippen LogP contribution in [0.25, 0.3) is 0 Å². The van der Waals surface area contributed by atoms with Crippen LogP contribution in [0.1, 0.15) is 86.5 Å². The van der Waals surface area contributed by atoms with Gasteiger partial charge in [-0.15, -0.1) is 0 Å². The molecule has 0 spiro atoms. The maximum atomic E-state index is 14.0. The summed E-state index contributed by atoms with van der Waals surface area (Å²) in [6, 6.07) is 32.0. The van der Waals surface area contributed by atoms with Crippen LogP contribution in [0.2, 0.25) is 0 Å². The minimum Gasteiger partial charge on any atom is -0.461 e. The van der Waals surface area contributed by atoms with Gasteiger partial charge in [-0.3, -0.25) is 24.0 Å². The zero-order chi connectivity index (χ0) is 45.8. The number of nitrogens with two attached hydrogens (primary N) is 1. The van der Waals surface area contributed by atoms with E-state index in [4.69, 9.17) is 24.7 Å². The second-order valence-electron chi connectivity index (χ2n) is 15.0. The molecule has 0 aromatic heterocycles. The van der Waals surface area contributed by atoms with Gasteiger partial charge in [0.15, 0.2) is 0 Å². The molecule has 5 N–H and O–H groups in total. The lowest BCUT2D eigenvalue weighted by atomic mass is 10.1. The van der Waals surface area contributed by atoms with Crippen molar-refractivity contribution in [3.63, 3.8) is 0 Å². The third kappa shape index (κ3) is 19.9. The Morgan fingerprint density at radius 2 is 0.766 bits per heavy atom. The van der Waals surface area contributed by atoms with E-state index in [-0.39, 0.29) is 71.4 Å². The van der Waals surface area contributed by atoms with Crippen LogP contribution >= 0.6 is 0 Å². The fourth-order valence-electron chi connectivity index (χ4n) is 6.26. The van der Waals surface area contributed by atoms with Crippen LogP contribution in [0.3, 0.4) is 0 Å². The lowest BCUT2D eigenvalue weighted by Gasteiger charge is -2.23. The summed E-state index contributed by atoms with van der Waals surface area (Å²) in [5, 5.41) is 7.93. The van der Waals surface area contributed by atoms with Crippen molar-refractivity contribution < 1.29 is 52.5 Å². The molecule has 0 saturated heterocycles. The van der Waals surface area contributed by atoms with Gasteiger partial charge in [-0.25, -0.2) is 9.59 Å². The van der Waals surface area contributed by atoms with Crippen molar-refractivity contribution in [2.24, 2.45) is 5.73 Å². The summed E-state index contributed by atoms with van der Waals surface area (Å²) in [7, 11) is 0. The summed E-state index contributed by atoms with van der Waals surface area (Å²) in [6.45, 7) is 0.317. The highest BCUT2D eigenvalue weighted by Gasteiger charge is 2.30. The fraction of sp³-hybridized carbons (Fsp3) is 0.367. The molecule has 3 atom stereocenters. The van der Waals surface area contributed by atoms with Gasteiger partial charge in [0, 0.05) is 25.7 Å². The molecule has 15 heteroatoms. The first-order chi connectivity index (χ1) is 31.1. The Hall–Kier alpha value is -6.87. The Morgan fingerprint density at radius 3 is 1.19 bits per heavy atom. The zero-order valence-corrected chi connectivity index (χ0v) is 36.0. The summed E-state index contributed by atoms with van der Waals surface area (Å²) in [6.07, 6.45) is 0.553. The van der Waals surface area contributed by atoms with Gasteiger partial charge in [0.25, 0.3) is 0 Å². The van der Waals surface area contributed by atoms with Gasteiger partial charge in [-0.2, -0.15) is 0 Å². The molecule has 0 heterocycles. The number of esters is 4. The Balaban J connectivity index is 1.44. The topological polar surface area (TPSA) is 219 Å². The Labute approximate surface area is 373 Å². The Morgan fingerprint density at radius 1 is 0.406 bits per heavy atom. The lowest BCUT2D eigenvalue weighted by molar-refractivity contribution is -0.151. The van der Waals surface area contributed by atoms with Gasteiger partial charge in [0.1, 0.15) is 44.6 Å². The van der Waals surface area contributed by atoms with Crippen molar-refractivity contribution in [2.75, 3.05) is 6.54 Å². The molecule has 4 aromatic rings. The zero-order valence-electron chi connectivity index (χ0n) is 36.0. The van der Waals surface area contributed by atoms with Gasteiger partial charge in [-0.1, -0.05) is 128 Å². The molecule has 0 fully saturated rings. The van der Waals surface area contributed by atoms with Gasteiger partial charge in [0.2, 0.25) is 17.7 Å². The molecule has 0 aliphatic heterocycles. The van der Waals surface area contributed by atoms with Crippen LogP contribution in [0.4, 0.5) is 0 Å². The number of carbonyl (C=O) groups is 7. The Bertz CT molecular complexity index is 2050. The van der Waals surface area contributed by atoms with E-state index in [0.29, 0.717) is 36.9 Å². The summed E-state index contributed by atoms with van der Waals surface area (Å²) in [5.74, 6) is -4.76. The second-order valence-corrected chi connectivity index (χ2v) is 15.0. The lowest BCUT2D eigenvalue weighted by Crippen LogP contribution is -2.52. The van der Waals surface area contributed by atoms with Crippen molar-refractivity contribution in [3.05, 3.63) is 144 Å². The molecular weight excluding hydrogens is 821 g/mol. The average molecular weight is 879 g/mol. The molecule has 4 aromatic carbocycles. The Kier molecular flexibility index (Phi) is 22.3. The van der Waals surface area contributed by atoms with Crippen LogP contribution in [-0.2, 0) is 78.9 Å². The van der Waals surface area contributed by atoms with Crippen LogP contribution in [0.15, 0.2) is 121 Å². The minimum absolute atomic E-state index is 0.0144. The first-order valence-corrected chi connectivity index (χ1v) is 21.5. The van der Waals surface area contributed by atoms with Crippen LogP contribution < -0.4 is 21.7 Å². The number of rotatable bonds is 28. The molecule has 0 bridgehead atoms. The van der Waals surface area contributed by atoms with E-state index in [0.717, 1.165) is 11.1 Å². The SMILES string of the molecule is NCCCCCC(=O)NC(CCC(=O)NC(CCC(=O)OCc1ccccc1)C(=O)OCc1ccccc1)C(=O)NC(CCC(=O)OCc1ccccc1)C(=O)OCc1ccccc1. The van der Waals surface area contributed by atoms with E-state index in [2.05, 4.69) is 16.0 Å². The number of ether oxygens (including phenoxy) is 4. The largest absolute Gasteiger partial charge is 0.461 e. The van der Waals surface area contributed by atoms with Crippen LogP contribution in [-0.4, -0.2) is 66.3 Å². The third-order valence-electron chi connectivity index (χ3n) is 9.85. The molecule has 340 valence electrons. The standard InChI is InChI=1S/C49H58N4O11/c50-31-15-5-14-24-43(54)51-40(47(58)53-42(49(60)64-35-39-22-12-4-13-23-39)27-30-46(57)62-33-37-18-8-2-9-19-37)25-28-44(55)52-41(48(59)63-34-38-20-10-3-11-21-38)26-29-45(56)61-32-36-16-6-1-7-17-36/h1-4,6-13,16-23,40-42H,5,14-15,24-35,50H2,(H,51,54)(H,52,55)(H,53,58). The monoisotopic (exact) mass is 878 g/mol. The van der Waals surface area contributed by atoms with Crippen molar-refractivity contribution >= 4 is 41.6 Å². The summed E-state index contributed by atoms with van der Waals surface area (Å²) in [4.78, 5) is 92.9. The number of unbranched alkanes of at least 4 members (excludes halogenated alkanes) is 2. The average Bonchev–Trinajstić information content (AvgIpc) is 3.32. The fourth-order valence-corrected chi connectivity index (χ4v) is 6.26. The number of benzene rings is 4. The highest BCUT2D eigenvalue weighted by Crippen LogP contribution is 2.12. The molecule has 64 heavy (non-hydrogen) atoms. The van der Waals surface area contributed by atoms with E-state index < -0.39 is 59.7 Å². The van der Waals surface area contributed by atoms with E-state index >= 15 is 0 Å². The molecule has 0 saturated carbocycles. The summed E-state index contributed by atoms with van der Waals surface area (Å²) >= 11 is 0. The van der Waals surface area contributed by atoms with Gasteiger partial charge in [0.05, 0.1) is 0 Å². The summed E-state index contributed by atoms with van der Waals surface area (Å²) < 4.78 is 21.8. The highest BCUT2D eigenvalue weighted by molar-refractivity contribution is 5.92. The van der Waals surface area contributed by atoms with Crippen molar-refractivity contribution in [1.82, 2.24) is 16.0 Å². The predicted octanol–water partition coefficient (Wildman–Crippen LogP) is 5.27. The molecule has 3 amide bonds. The quantitative estimate of drug-likeness (QED) is 0.0326. The van der Waals surface area contributed by atoms with Gasteiger partial charge >= 0.3 is 23.9 Å². The number of nitrogens with one attached hydrogen (secondary N) is 3. The molecule has 0 aliphatic rings. The molecular formula is C49H58N4O11. The highest BCUT2D eigenvalue weighted by atomic mass is 16.5. The van der Waals surface area contributed by atoms with Gasteiger partial charge in [-0.05, 0) is 60.9 Å². The van der Waals surface area contributed by atoms with Crippen LogP contribution in [0.5, 0.6) is 0 Å². The van der Waals surface area contributed by atoms with Crippen molar-refractivity contribution in [3.8, 4) is 0 Å². The molecule has 15 nitrogen and oxygen atoms in total. The second kappa shape index (κ2) is 28.7. The van der Waals surface area contributed by atoms with Gasteiger partial charge < -0.3 is 40.6 Å². The molecule has 4 rings (SSSR count). The van der Waals surface area contributed by atoms with Crippen molar-refractivity contribution in [2.45, 2.75) is 109 Å².